The average molecular weight is 295 g/mol. The minimum atomic E-state index is -0.186. The molecule has 22 heavy (non-hydrogen) atoms. The number of aliphatic hydroxyl groups excluding tert-OH is 1. The van der Waals surface area contributed by atoms with Crippen molar-refractivity contribution >= 4 is 11.3 Å². The van der Waals surface area contributed by atoms with Crippen LogP contribution < -0.4 is 9.64 Å². The van der Waals surface area contributed by atoms with E-state index in [4.69, 9.17) is 15.3 Å². The molecule has 0 bridgehead atoms. The molecule has 0 saturated carbocycles. The summed E-state index contributed by atoms with van der Waals surface area (Å²) in [6.07, 6.45) is 1.54. The van der Waals surface area contributed by atoms with Gasteiger partial charge in [-0.05, 0) is 37.6 Å². The molecular weight excluding hydrogens is 278 g/mol. The first-order valence-electron chi connectivity index (χ1n) is 7.11. The predicted octanol–water partition coefficient (Wildman–Crippen LogP) is 2.60. The maximum atomic E-state index is 9.53. The van der Waals surface area contributed by atoms with Crippen LogP contribution in [0.3, 0.4) is 0 Å². The summed E-state index contributed by atoms with van der Waals surface area (Å²) in [7, 11) is 0. The molecule has 5 nitrogen and oxygen atoms in total. The zero-order valence-corrected chi connectivity index (χ0v) is 12.6. The number of rotatable bonds is 4. The van der Waals surface area contributed by atoms with Crippen molar-refractivity contribution in [1.29, 1.82) is 10.5 Å². The number of anilines is 1. The van der Waals surface area contributed by atoms with Gasteiger partial charge in [0.25, 0.3) is 0 Å². The summed E-state index contributed by atoms with van der Waals surface area (Å²) in [5.74, 6) is 0.729. The Morgan fingerprint density at radius 2 is 1.91 bits per heavy atom. The van der Waals surface area contributed by atoms with Crippen molar-refractivity contribution in [3.8, 4) is 17.9 Å². The largest absolute Gasteiger partial charge is 0.454 e. The van der Waals surface area contributed by atoms with E-state index in [0.717, 1.165) is 24.3 Å². The monoisotopic (exact) mass is 295 g/mol. The van der Waals surface area contributed by atoms with E-state index in [2.05, 4.69) is 18.7 Å². The SMILES string of the molecule is CCN(CC)c1ccc2c(c1)OC(=C(C#N)C#N)C=C2CO. The van der Waals surface area contributed by atoms with E-state index >= 15 is 0 Å². The van der Waals surface area contributed by atoms with E-state index in [-0.39, 0.29) is 17.9 Å². The van der Waals surface area contributed by atoms with Crippen LogP contribution in [0.1, 0.15) is 19.4 Å². The van der Waals surface area contributed by atoms with Gasteiger partial charge in [0.15, 0.2) is 11.3 Å². The summed E-state index contributed by atoms with van der Waals surface area (Å²) >= 11 is 0. The van der Waals surface area contributed by atoms with Gasteiger partial charge >= 0.3 is 0 Å². The summed E-state index contributed by atoms with van der Waals surface area (Å²) in [6, 6.07) is 9.36. The smallest absolute Gasteiger partial charge is 0.172 e. The number of nitrogens with zero attached hydrogens (tertiary/aromatic N) is 3. The van der Waals surface area contributed by atoms with Crippen molar-refractivity contribution in [3.05, 3.63) is 41.2 Å². The fourth-order valence-corrected chi connectivity index (χ4v) is 2.42. The highest BCUT2D eigenvalue weighted by atomic mass is 16.5. The Morgan fingerprint density at radius 3 is 2.45 bits per heavy atom. The van der Waals surface area contributed by atoms with Gasteiger partial charge in [0, 0.05) is 30.4 Å². The Labute approximate surface area is 130 Å². The minimum Gasteiger partial charge on any atom is -0.454 e. The number of allylic oxidation sites excluding steroid dienone is 2. The van der Waals surface area contributed by atoms with Gasteiger partial charge in [-0.15, -0.1) is 0 Å². The van der Waals surface area contributed by atoms with Gasteiger partial charge in [-0.2, -0.15) is 10.5 Å². The van der Waals surface area contributed by atoms with Crippen LogP contribution in [0.25, 0.3) is 5.57 Å². The maximum Gasteiger partial charge on any atom is 0.172 e. The van der Waals surface area contributed by atoms with Crippen molar-refractivity contribution < 1.29 is 9.84 Å². The molecule has 0 spiro atoms. The van der Waals surface area contributed by atoms with Crippen LogP contribution in [0.5, 0.6) is 5.75 Å². The molecule has 1 aromatic carbocycles. The molecule has 0 amide bonds. The Hall–Kier alpha value is -2.76. The lowest BCUT2D eigenvalue weighted by Gasteiger charge is -2.25. The van der Waals surface area contributed by atoms with Crippen molar-refractivity contribution in [2.24, 2.45) is 0 Å². The van der Waals surface area contributed by atoms with Crippen LogP contribution in [0.15, 0.2) is 35.6 Å². The van der Waals surface area contributed by atoms with Gasteiger partial charge in [0.05, 0.1) is 6.61 Å². The Bertz CT molecular complexity index is 700. The van der Waals surface area contributed by atoms with E-state index < -0.39 is 0 Å². The molecule has 1 heterocycles. The third-order valence-electron chi connectivity index (χ3n) is 3.61. The Balaban J connectivity index is 2.54. The summed E-state index contributed by atoms with van der Waals surface area (Å²) in [5, 5.41) is 27.5. The molecule has 1 aliphatic rings. The van der Waals surface area contributed by atoms with Crippen LogP contribution in [0.4, 0.5) is 5.69 Å². The van der Waals surface area contributed by atoms with E-state index in [9.17, 15) is 5.11 Å². The molecule has 0 radical (unpaired) electrons. The van der Waals surface area contributed by atoms with E-state index in [0.29, 0.717) is 11.3 Å². The molecule has 1 aliphatic heterocycles. The van der Waals surface area contributed by atoms with Crippen LogP contribution in [-0.2, 0) is 0 Å². The summed E-state index contributed by atoms with van der Waals surface area (Å²) in [4.78, 5) is 2.17. The molecule has 1 N–H and O–H groups in total. The average Bonchev–Trinajstić information content (AvgIpc) is 2.56. The fourth-order valence-electron chi connectivity index (χ4n) is 2.42. The van der Waals surface area contributed by atoms with Crippen molar-refractivity contribution in [3.63, 3.8) is 0 Å². The fraction of sp³-hybridized carbons (Fsp3) is 0.294. The predicted molar refractivity (Wildman–Crippen MR) is 83.9 cm³/mol. The maximum absolute atomic E-state index is 9.53. The summed E-state index contributed by atoms with van der Waals surface area (Å²) in [6.45, 7) is 5.68. The van der Waals surface area contributed by atoms with Gasteiger partial charge in [-0.25, -0.2) is 0 Å². The number of hydrogen-bond donors (Lipinski definition) is 1. The molecule has 0 unspecified atom stereocenters. The van der Waals surface area contributed by atoms with Gasteiger partial charge in [0.2, 0.25) is 0 Å². The number of nitriles is 2. The Kier molecular flexibility index (Phi) is 4.83. The van der Waals surface area contributed by atoms with Crippen LogP contribution in [0, 0.1) is 22.7 Å². The van der Waals surface area contributed by atoms with Crippen molar-refractivity contribution in [2.45, 2.75) is 13.8 Å². The highest BCUT2D eigenvalue weighted by molar-refractivity contribution is 5.78. The molecule has 0 atom stereocenters. The molecule has 0 saturated heterocycles. The second-order valence-electron chi connectivity index (χ2n) is 4.75. The van der Waals surface area contributed by atoms with Gasteiger partial charge in [-0.1, -0.05) is 0 Å². The summed E-state index contributed by atoms with van der Waals surface area (Å²) < 4.78 is 5.71. The van der Waals surface area contributed by atoms with E-state index in [1.807, 2.05) is 30.3 Å². The van der Waals surface area contributed by atoms with Crippen molar-refractivity contribution in [2.75, 3.05) is 24.6 Å². The number of aliphatic hydroxyl groups is 1. The van der Waals surface area contributed by atoms with Crippen LogP contribution in [0.2, 0.25) is 0 Å². The molecule has 1 aromatic rings. The first-order valence-corrected chi connectivity index (χ1v) is 7.11. The molecule has 0 fully saturated rings. The topological polar surface area (TPSA) is 80.3 Å². The molecule has 5 heteroatoms. The second-order valence-corrected chi connectivity index (χ2v) is 4.75. The molecule has 0 aliphatic carbocycles. The van der Waals surface area contributed by atoms with Gasteiger partial charge in [0.1, 0.15) is 17.9 Å². The van der Waals surface area contributed by atoms with E-state index in [1.165, 1.54) is 0 Å². The van der Waals surface area contributed by atoms with Gasteiger partial charge < -0.3 is 14.7 Å². The highest BCUT2D eigenvalue weighted by Crippen LogP contribution is 2.36. The number of fused-ring (bicyclic) bond motifs is 1. The number of benzene rings is 1. The quantitative estimate of drug-likeness (QED) is 0.864. The first kappa shape index (κ1) is 15.6. The lowest BCUT2D eigenvalue weighted by molar-refractivity contribution is 0.346. The van der Waals surface area contributed by atoms with E-state index in [1.54, 1.807) is 6.08 Å². The first-order chi connectivity index (χ1) is 10.7. The zero-order valence-electron chi connectivity index (χ0n) is 12.6. The third kappa shape index (κ3) is 2.81. The number of hydrogen-bond acceptors (Lipinski definition) is 5. The Morgan fingerprint density at radius 1 is 1.23 bits per heavy atom. The van der Waals surface area contributed by atoms with Crippen LogP contribution >= 0.6 is 0 Å². The molecule has 112 valence electrons. The van der Waals surface area contributed by atoms with Crippen molar-refractivity contribution in [1.82, 2.24) is 0 Å². The second kappa shape index (κ2) is 6.80. The third-order valence-corrected chi connectivity index (χ3v) is 3.61. The molecule has 0 aromatic heterocycles. The molecule has 2 rings (SSSR count). The lowest BCUT2D eigenvalue weighted by atomic mass is 10.0. The summed E-state index contributed by atoms with van der Waals surface area (Å²) in [5.41, 5.74) is 2.30. The normalized spacial score (nSPS) is 12.4. The zero-order chi connectivity index (χ0) is 16.1. The van der Waals surface area contributed by atoms with Gasteiger partial charge in [-0.3, -0.25) is 0 Å². The lowest BCUT2D eigenvalue weighted by Crippen LogP contribution is -2.22. The highest BCUT2D eigenvalue weighted by Gasteiger charge is 2.20. The minimum absolute atomic E-state index is 0.107. The number of ether oxygens (including phenoxy) is 1. The standard InChI is InChI=1S/C17H17N3O2/c1-3-20(4-2)14-5-6-15-12(11-21)7-16(13(9-18)10-19)22-17(15)8-14/h5-8,21H,3-4,11H2,1-2H3. The van der Waals surface area contributed by atoms with Crippen LogP contribution in [-0.4, -0.2) is 24.8 Å². The molecular formula is C17H17N3O2.